The molecule has 1 saturated carbocycles. The van der Waals surface area contributed by atoms with E-state index in [1.807, 2.05) is 0 Å². The Balaban J connectivity index is 2.01. The van der Waals surface area contributed by atoms with Gasteiger partial charge in [-0.25, -0.2) is 0 Å². The largest absolute Gasteiger partial charge is 0.313 e. The minimum absolute atomic E-state index is 0.374. The molecule has 0 saturated heterocycles. The maximum Gasteiger partial charge on any atom is 0.0136 e. The minimum atomic E-state index is 0.374. The SMILES string of the molecule is CC(C)C(C)(C)CNC1CCCCC1c1ccccc1. The lowest BCUT2D eigenvalue weighted by Gasteiger charge is -2.37. The third-order valence-electron chi connectivity index (χ3n) is 5.38. The van der Waals surface area contributed by atoms with Crippen LogP contribution < -0.4 is 5.32 Å². The van der Waals surface area contributed by atoms with Crippen LogP contribution in [0, 0.1) is 11.3 Å². The molecule has 1 nitrogen and oxygen atoms in total. The molecule has 1 heteroatoms. The Hall–Kier alpha value is -0.820. The molecular weight excluding hydrogens is 242 g/mol. The summed E-state index contributed by atoms with van der Waals surface area (Å²) in [6.07, 6.45) is 5.42. The van der Waals surface area contributed by atoms with Crippen molar-refractivity contribution in [2.24, 2.45) is 11.3 Å². The molecule has 0 bridgehead atoms. The van der Waals surface area contributed by atoms with Crippen molar-refractivity contribution in [2.45, 2.75) is 65.3 Å². The Morgan fingerprint density at radius 2 is 1.75 bits per heavy atom. The highest BCUT2D eigenvalue weighted by atomic mass is 14.9. The number of benzene rings is 1. The first-order chi connectivity index (χ1) is 9.50. The van der Waals surface area contributed by atoms with Crippen LogP contribution in [0.5, 0.6) is 0 Å². The van der Waals surface area contributed by atoms with Crippen LogP contribution in [0.3, 0.4) is 0 Å². The van der Waals surface area contributed by atoms with Gasteiger partial charge in [0.2, 0.25) is 0 Å². The molecule has 1 aliphatic carbocycles. The molecule has 1 N–H and O–H groups in total. The summed E-state index contributed by atoms with van der Waals surface area (Å²) in [5.74, 6) is 1.42. The van der Waals surface area contributed by atoms with Gasteiger partial charge in [0.05, 0.1) is 0 Å². The van der Waals surface area contributed by atoms with Gasteiger partial charge in [0, 0.05) is 12.6 Å². The Bertz CT molecular complexity index is 393. The fraction of sp³-hybridized carbons (Fsp3) is 0.684. The zero-order chi connectivity index (χ0) is 14.6. The van der Waals surface area contributed by atoms with Crippen molar-refractivity contribution in [1.82, 2.24) is 5.32 Å². The molecule has 1 aliphatic rings. The normalized spacial score (nSPS) is 24.1. The summed E-state index contributed by atoms with van der Waals surface area (Å²) in [5, 5.41) is 3.89. The lowest BCUT2D eigenvalue weighted by atomic mass is 9.77. The Labute approximate surface area is 125 Å². The standard InChI is InChI=1S/C19H31N/c1-15(2)19(3,4)14-20-18-13-9-8-12-17(18)16-10-6-5-7-11-16/h5-7,10-11,15,17-18,20H,8-9,12-14H2,1-4H3. The van der Waals surface area contributed by atoms with Crippen molar-refractivity contribution in [3.05, 3.63) is 35.9 Å². The fourth-order valence-corrected chi connectivity index (χ4v) is 3.07. The van der Waals surface area contributed by atoms with Gasteiger partial charge in [-0.05, 0) is 35.7 Å². The van der Waals surface area contributed by atoms with Crippen LogP contribution in [0.1, 0.15) is 64.9 Å². The van der Waals surface area contributed by atoms with Crippen molar-refractivity contribution in [2.75, 3.05) is 6.54 Å². The number of hydrogen-bond acceptors (Lipinski definition) is 1. The van der Waals surface area contributed by atoms with Gasteiger partial charge >= 0.3 is 0 Å². The number of nitrogens with one attached hydrogen (secondary N) is 1. The van der Waals surface area contributed by atoms with Crippen LogP contribution in [-0.4, -0.2) is 12.6 Å². The van der Waals surface area contributed by atoms with Gasteiger partial charge in [-0.3, -0.25) is 0 Å². The summed E-state index contributed by atoms with van der Waals surface area (Å²) in [6, 6.07) is 11.7. The van der Waals surface area contributed by atoms with Crippen molar-refractivity contribution in [1.29, 1.82) is 0 Å². The molecule has 0 radical (unpaired) electrons. The summed E-state index contributed by atoms with van der Waals surface area (Å²) in [6.45, 7) is 10.5. The van der Waals surface area contributed by atoms with Gasteiger partial charge in [0.1, 0.15) is 0 Å². The van der Waals surface area contributed by atoms with E-state index in [9.17, 15) is 0 Å². The van der Waals surface area contributed by atoms with Gasteiger partial charge in [-0.1, -0.05) is 70.9 Å². The van der Waals surface area contributed by atoms with Crippen molar-refractivity contribution >= 4 is 0 Å². The topological polar surface area (TPSA) is 12.0 Å². The molecule has 1 aromatic rings. The molecule has 20 heavy (non-hydrogen) atoms. The molecule has 2 atom stereocenters. The van der Waals surface area contributed by atoms with E-state index in [-0.39, 0.29) is 0 Å². The van der Waals surface area contributed by atoms with E-state index in [0.29, 0.717) is 23.3 Å². The van der Waals surface area contributed by atoms with Gasteiger partial charge < -0.3 is 5.32 Å². The highest BCUT2D eigenvalue weighted by molar-refractivity contribution is 5.22. The second-order valence-electron chi connectivity index (χ2n) is 7.43. The number of hydrogen-bond donors (Lipinski definition) is 1. The first-order valence-electron chi connectivity index (χ1n) is 8.29. The summed E-state index contributed by atoms with van der Waals surface area (Å²) >= 11 is 0. The second-order valence-corrected chi connectivity index (χ2v) is 7.43. The second kappa shape index (κ2) is 6.76. The third-order valence-corrected chi connectivity index (χ3v) is 5.38. The van der Waals surface area contributed by atoms with Crippen LogP contribution in [0.15, 0.2) is 30.3 Å². The van der Waals surface area contributed by atoms with E-state index < -0.39 is 0 Å². The summed E-state index contributed by atoms with van der Waals surface area (Å²) < 4.78 is 0. The third kappa shape index (κ3) is 3.85. The van der Waals surface area contributed by atoms with Crippen LogP contribution in [-0.2, 0) is 0 Å². The Morgan fingerprint density at radius 1 is 1.10 bits per heavy atom. The van der Waals surface area contributed by atoms with E-state index in [2.05, 4.69) is 63.3 Å². The predicted octanol–water partition coefficient (Wildman–Crippen LogP) is 4.98. The highest BCUT2D eigenvalue weighted by Crippen LogP contribution is 2.34. The van der Waals surface area contributed by atoms with Crippen LogP contribution in [0.25, 0.3) is 0 Å². The average molecular weight is 273 g/mol. The zero-order valence-corrected chi connectivity index (χ0v) is 13.7. The molecular formula is C19H31N. The van der Waals surface area contributed by atoms with Crippen molar-refractivity contribution in [3.8, 4) is 0 Å². The Kier molecular flexibility index (Phi) is 5.26. The molecule has 2 rings (SSSR count). The molecule has 112 valence electrons. The first kappa shape index (κ1) is 15.6. The van der Waals surface area contributed by atoms with E-state index >= 15 is 0 Å². The van der Waals surface area contributed by atoms with E-state index in [1.54, 1.807) is 0 Å². The van der Waals surface area contributed by atoms with E-state index in [4.69, 9.17) is 0 Å². The minimum Gasteiger partial charge on any atom is -0.313 e. The predicted molar refractivity (Wildman–Crippen MR) is 88.1 cm³/mol. The maximum absolute atomic E-state index is 3.89. The van der Waals surface area contributed by atoms with E-state index in [1.165, 1.54) is 31.2 Å². The lowest BCUT2D eigenvalue weighted by molar-refractivity contribution is 0.209. The van der Waals surface area contributed by atoms with E-state index in [0.717, 1.165) is 6.54 Å². The molecule has 1 aromatic carbocycles. The molecule has 0 spiro atoms. The Morgan fingerprint density at radius 3 is 2.40 bits per heavy atom. The maximum atomic E-state index is 3.89. The smallest absolute Gasteiger partial charge is 0.0136 e. The average Bonchev–Trinajstić information content (AvgIpc) is 2.46. The molecule has 0 heterocycles. The van der Waals surface area contributed by atoms with Gasteiger partial charge in [0.25, 0.3) is 0 Å². The monoisotopic (exact) mass is 273 g/mol. The lowest BCUT2D eigenvalue weighted by Crippen LogP contribution is -2.43. The fourth-order valence-electron chi connectivity index (χ4n) is 3.07. The van der Waals surface area contributed by atoms with Gasteiger partial charge in [-0.15, -0.1) is 0 Å². The summed E-state index contributed by atoms with van der Waals surface area (Å²) in [5.41, 5.74) is 1.89. The van der Waals surface area contributed by atoms with Crippen LogP contribution in [0.2, 0.25) is 0 Å². The summed E-state index contributed by atoms with van der Waals surface area (Å²) in [7, 11) is 0. The highest BCUT2D eigenvalue weighted by Gasteiger charge is 2.29. The van der Waals surface area contributed by atoms with Crippen LogP contribution in [0.4, 0.5) is 0 Å². The van der Waals surface area contributed by atoms with Crippen LogP contribution >= 0.6 is 0 Å². The first-order valence-corrected chi connectivity index (χ1v) is 8.29. The molecule has 0 amide bonds. The molecule has 0 aromatic heterocycles. The molecule has 1 fully saturated rings. The molecule has 0 aliphatic heterocycles. The number of rotatable bonds is 5. The summed E-state index contributed by atoms with van der Waals surface area (Å²) in [4.78, 5) is 0. The van der Waals surface area contributed by atoms with Crippen molar-refractivity contribution < 1.29 is 0 Å². The van der Waals surface area contributed by atoms with Gasteiger partial charge in [0.15, 0.2) is 0 Å². The molecule has 2 unspecified atom stereocenters. The zero-order valence-electron chi connectivity index (χ0n) is 13.7. The quantitative estimate of drug-likeness (QED) is 0.797. The van der Waals surface area contributed by atoms with Gasteiger partial charge in [-0.2, -0.15) is 0 Å². The van der Waals surface area contributed by atoms with Crippen molar-refractivity contribution in [3.63, 3.8) is 0 Å².